The second-order valence-corrected chi connectivity index (χ2v) is 8.60. The van der Waals surface area contributed by atoms with Gasteiger partial charge in [-0.2, -0.15) is 0 Å². The molecule has 174 valence electrons. The Balaban J connectivity index is 1.69. The summed E-state index contributed by atoms with van der Waals surface area (Å²) in [5.41, 5.74) is 0.685. The summed E-state index contributed by atoms with van der Waals surface area (Å²) >= 11 is 0. The second kappa shape index (κ2) is 9.25. The van der Waals surface area contributed by atoms with E-state index in [2.05, 4.69) is 5.32 Å². The quantitative estimate of drug-likeness (QED) is 0.476. The van der Waals surface area contributed by atoms with E-state index in [1.165, 1.54) is 12.1 Å². The van der Waals surface area contributed by atoms with E-state index >= 15 is 0 Å². The molecule has 3 N–H and O–H groups in total. The zero-order valence-corrected chi connectivity index (χ0v) is 18.5. The van der Waals surface area contributed by atoms with E-state index in [4.69, 9.17) is 14.3 Å². The lowest BCUT2D eigenvalue weighted by molar-refractivity contribution is -0.136. The van der Waals surface area contributed by atoms with Crippen LogP contribution in [-0.4, -0.2) is 34.4 Å². The van der Waals surface area contributed by atoms with Gasteiger partial charge in [-0.05, 0) is 56.3 Å². The van der Waals surface area contributed by atoms with Gasteiger partial charge in [-0.15, -0.1) is 0 Å². The number of aliphatic carboxylic acids is 1. The van der Waals surface area contributed by atoms with Crippen LogP contribution in [0.5, 0.6) is 5.75 Å². The van der Waals surface area contributed by atoms with Crippen LogP contribution in [-0.2, 0) is 17.9 Å². The summed E-state index contributed by atoms with van der Waals surface area (Å²) in [7, 11) is 0. The number of carbonyl (C=O) groups is 1. The van der Waals surface area contributed by atoms with Crippen molar-refractivity contribution in [2.24, 2.45) is 0 Å². The van der Waals surface area contributed by atoms with Gasteiger partial charge in [0.25, 0.3) is 0 Å². The Morgan fingerprint density at radius 3 is 2.52 bits per heavy atom. The van der Waals surface area contributed by atoms with Crippen LogP contribution in [0, 0.1) is 5.82 Å². The Hall–Kier alpha value is -3.36. The number of benzene rings is 2. The number of rotatable bonds is 8. The number of anilines is 1. The molecule has 0 saturated carbocycles. The maximum absolute atomic E-state index is 13.7. The molecule has 0 bridgehead atoms. The minimum Gasteiger partial charge on any atom is -0.485 e. The first-order valence-corrected chi connectivity index (χ1v) is 10.7. The minimum atomic E-state index is -0.945. The van der Waals surface area contributed by atoms with Crippen molar-refractivity contribution in [3.8, 4) is 5.75 Å². The molecule has 8 heteroatoms. The number of halogens is 1. The molecule has 33 heavy (non-hydrogen) atoms. The van der Waals surface area contributed by atoms with Crippen LogP contribution < -0.4 is 15.0 Å². The number of ether oxygens (including phenoxy) is 1. The van der Waals surface area contributed by atoms with Gasteiger partial charge in [0.1, 0.15) is 34.8 Å². The standard InChI is InChI=1S/C25H27FN2O5/c1-25(2)24(31)23(20-5-3-4-6-21(20)33-25)28(17-9-7-16(26)8-10-17)15-19-12-11-18(32-19)13-27-14-22(29)30/h3-12,23-24,27,31H,13-15H2,1-2H3,(H,29,30)/t23-,24+/m0/s1. The van der Waals surface area contributed by atoms with Crippen molar-refractivity contribution in [2.45, 2.75) is 44.7 Å². The molecule has 2 atom stereocenters. The normalized spacial score (nSPS) is 18.9. The summed E-state index contributed by atoms with van der Waals surface area (Å²) in [6.07, 6.45) is -0.885. The number of nitrogens with one attached hydrogen (secondary N) is 1. The van der Waals surface area contributed by atoms with Crippen LogP contribution in [0.4, 0.5) is 10.1 Å². The van der Waals surface area contributed by atoms with Crippen LogP contribution in [0.2, 0.25) is 0 Å². The van der Waals surface area contributed by atoms with Crippen molar-refractivity contribution in [1.82, 2.24) is 5.32 Å². The van der Waals surface area contributed by atoms with E-state index in [0.29, 0.717) is 23.8 Å². The van der Waals surface area contributed by atoms with Crippen LogP contribution in [0.3, 0.4) is 0 Å². The van der Waals surface area contributed by atoms with Gasteiger partial charge in [0.15, 0.2) is 0 Å². The Morgan fingerprint density at radius 1 is 1.09 bits per heavy atom. The number of carboxylic acids is 1. The summed E-state index contributed by atoms with van der Waals surface area (Å²) in [5, 5.41) is 22.9. The SMILES string of the molecule is CC1(C)Oc2ccccc2[C@H](N(Cc2ccc(CNCC(=O)O)o2)c2ccc(F)cc2)[C@H]1O. The zero-order valence-electron chi connectivity index (χ0n) is 18.5. The molecule has 0 saturated heterocycles. The maximum Gasteiger partial charge on any atom is 0.317 e. The van der Waals surface area contributed by atoms with Gasteiger partial charge in [-0.1, -0.05) is 18.2 Å². The Bertz CT molecular complexity index is 1110. The fourth-order valence-corrected chi connectivity index (χ4v) is 4.10. The van der Waals surface area contributed by atoms with E-state index in [-0.39, 0.29) is 18.9 Å². The molecule has 4 rings (SSSR count). The summed E-state index contributed by atoms with van der Waals surface area (Å²) in [6.45, 7) is 4.08. The molecule has 0 fully saturated rings. The molecular formula is C25H27FN2O5. The van der Waals surface area contributed by atoms with Gasteiger partial charge in [-0.3, -0.25) is 10.1 Å². The molecule has 3 aromatic rings. The number of hydrogen-bond acceptors (Lipinski definition) is 6. The molecule has 1 aliphatic heterocycles. The highest BCUT2D eigenvalue weighted by molar-refractivity contribution is 5.69. The van der Waals surface area contributed by atoms with Crippen molar-refractivity contribution in [3.63, 3.8) is 0 Å². The van der Waals surface area contributed by atoms with E-state index < -0.39 is 23.7 Å². The first-order chi connectivity index (χ1) is 15.7. The topological polar surface area (TPSA) is 95.2 Å². The fourth-order valence-electron chi connectivity index (χ4n) is 4.10. The average molecular weight is 454 g/mol. The molecule has 0 aliphatic carbocycles. The number of nitrogens with zero attached hydrogens (tertiary/aromatic N) is 1. The van der Waals surface area contributed by atoms with Gasteiger partial charge < -0.3 is 24.3 Å². The molecule has 1 aliphatic rings. The number of furan rings is 1. The molecule has 0 amide bonds. The Morgan fingerprint density at radius 2 is 1.79 bits per heavy atom. The number of para-hydroxylation sites is 1. The Kier molecular flexibility index (Phi) is 6.40. The van der Waals surface area contributed by atoms with Crippen molar-refractivity contribution in [2.75, 3.05) is 11.4 Å². The molecular weight excluding hydrogens is 427 g/mol. The third kappa shape index (κ3) is 5.02. The molecule has 2 aromatic carbocycles. The molecule has 2 heterocycles. The molecule has 0 radical (unpaired) electrons. The average Bonchev–Trinajstić information content (AvgIpc) is 3.21. The predicted molar refractivity (Wildman–Crippen MR) is 121 cm³/mol. The lowest BCUT2D eigenvalue weighted by Crippen LogP contribution is -2.53. The summed E-state index contributed by atoms with van der Waals surface area (Å²) in [5.74, 6) is 0.609. The fraction of sp³-hybridized carbons (Fsp3) is 0.320. The molecule has 7 nitrogen and oxygen atoms in total. The van der Waals surface area contributed by atoms with Gasteiger partial charge in [0, 0.05) is 11.3 Å². The molecule has 0 unspecified atom stereocenters. The number of carboxylic acid groups (broad SMARTS) is 1. The summed E-state index contributed by atoms with van der Waals surface area (Å²) in [4.78, 5) is 12.7. The van der Waals surface area contributed by atoms with E-state index in [0.717, 1.165) is 11.3 Å². The lowest BCUT2D eigenvalue weighted by atomic mass is 9.85. The van der Waals surface area contributed by atoms with Crippen LogP contribution >= 0.6 is 0 Å². The predicted octanol–water partition coefficient (Wildman–Crippen LogP) is 3.87. The van der Waals surface area contributed by atoms with Crippen LogP contribution in [0.15, 0.2) is 65.1 Å². The monoisotopic (exact) mass is 454 g/mol. The number of aliphatic hydroxyl groups excluding tert-OH is 1. The molecule has 0 spiro atoms. The highest BCUT2D eigenvalue weighted by Crippen LogP contribution is 2.44. The number of fused-ring (bicyclic) bond motifs is 1. The smallest absolute Gasteiger partial charge is 0.317 e. The molecule has 1 aromatic heterocycles. The van der Waals surface area contributed by atoms with Gasteiger partial charge in [0.2, 0.25) is 0 Å². The van der Waals surface area contributed by atoms with Crippen molar-refractivity contribution in [1.29, 1.82) is 0 Å². The first-order valence-electron chi connectivity index (χ1n) is 10.7. The summed E-state index contributed by atoms with van der Waals surface area (Å²) < 4.78 is 25.7. The maximum atomic E-state index is 13.7. The van der Waals surface area contributed by atoms with Gasteiger partial charge in [-0.25, -0.2) is 4.39 Å². The van der Waals surface area contributed by atoms with Crippen LogP contribution in [0.1, 0.15) is 37.0 Å². The zero-order chi connectivity index (χ0) is 23.6. The van der Waals surface area contributed by atoms with Gasteiger partial charge in [0.05, 0.1) is 25.7 Å². The van der Waals surface area contributed by atoms with E-state index in [1.54, 1.807) is 18.2 Å². The van der Waals surface area contributed by atoms with Crippen LogP contribution in [0.25, 0.3) is 0 Å². The summed E-state index contributed by atoms with van der Waals surface area (Å²) in [6, 6.07) is 16.8. The third-order valence-corrected chi connectivity index (χ3v) is 5.74. The Labute approximate surface area is 191 Å². The number of hydrogen-bond donors (Lipinski definition) is 3. The van der Waals surface area contributed by atoms with E-state index in [1.807, 2.05) is 49.1 Å². The van der Waals surface area contributed by atoms with Crippen molar-refractivity contribution >= 4 is 11.7 Å². The van der Waals surface area contributed by atoms with Crippen molar-refractivity contribution in [3.05, 3.63) is 83.6 Å². The van der Waals surface area contributed by atoms with Gasteiger partial charge >= 0.3 is 5.97 Å². The number of aliphatic hydroxyl groups is 1. The lowest BCUT2D eigenvalue weighted by Gasteiger charge is -2.47. The third-order valence-electron chi connectivity index (χ3n) is 5.74. The second-order valence-electron chi connectivity index (χ2n) is 8.60. The minimum absolute atomic E-state index is 0.169. The first kappa shape index (κ1) is 22.8. The largest absolute Gasteiger partial charge is 0.485 e. The van der Waals surface area contributed by atoms with E-state index in [9.17, 15) is 14.3 Å². The highest BCUT2D eigenvalue weighted by atomic mass is 19.1. The highest BCUT2D eigenvalue weighted by Gasteiger charge is 2.45. The van der Waals surface area contributed by atoms with Crippen molar-refractivity contribution < 1.29 is 28.6 Å².